The summed E-state index contributed by atoms with van der Waals surface area (Å²) in [6.07, 6.45) is 12.4. The molecule has 2 aromatic rings. The SMILES string of the molecule is CCCCCCCOc1ccc(-c2nnc(OCCCCCCC)s2)cc1. The van der Waals surface area contributed by atoms with Crippen molar-refractivity contribution in [1.82, 2.24) is 10.2 Å². The van der Waals surface area contributed by atoms with Gasteiger partial charge in [-0.3, -0.25) is 0 Å². The lowest BCUT2D eigenvalue weighted by molar-refractivity contribution is 0.300. The Morgan fingerprint density at radius 1 is 0.704 bits per heavy atom. The van der Waals surface area contributed by atoms with Crippen LogP contribution < -0.4 is 9.47 Å². The van der Waals surface area contributed by atoms with E-state index in [1.165, 1.54) is 62.7 Å². The van der Waals surface area contributed by atoms with E-state index in [1.54, 1.807) is 0 Å². The van der Waals surface area contributed by atoms with E-state index in [0.717, 1.165) is 42.4 Å². The minimum atomic E-state index is 0.660. The summed E-state index contributed by atoms with van der Waals surface area (Å²) >= 11 is 1.50. The Morgan fingerprint density at radius 3 is 1.93 bits per heavy atom. The van der Waals surface area contributed by atoms with E-state index in [0.29, 0.717) is 5.19 Å². The predicted molar refractivity (Wildman–Crippen MR) is 114 cm³/mol. The van der Waals surface area contributed by atoms with E-state index in [4.69, 9.17) is 9.47 Å². The van der Waals surface area contributed by atoms with Gasteiger partial charge in [0.05, 0.1) is 13.2 Å². The van der Waals surface area contributed by atoms with Crippen molar-refractivity contribution in [1.29, 1.82) is 0 Å². The van der Waals surface area contributed by atoms with E-state index in [2.05, 4.69) is 24.0 Å². The quantitative estimate of drug-likeness (QED) is 0.310. The summed E-state index contributed by atoms with van der Waals surface area (Å²) < 4.78 is 11.5. The number of hydrogen-bond acceptors (Lipinski definition) is 5. The molecule has 0 saturated carbocycles. The third-order valence-electron chi connectivity index (χ3n) is 4.50. The van der Waals surface area contributed by atoms with Crippen LogP contribution in [-0.2, 0) is 0 Å². The fourth-order valence-electron chi connectivity index (χ4n) is 2.84. The van der Waals surface area contributed by atoms with Crippen molar-refractivity contribution in [2.24, 2.45) is 0 Å². The Labute approximate surface area is 168 Å². The standard InChI is InChI=1S/C22H34N2O2S/c1-3-5-7-9-11-17-25-20-15-13-19(14-16-20)21-23-24-22(27-21)26-18-12-10-8-6-4-2/h13-16H,3-12,17-18H2,1-2H3. The van der Waals surface area contributed by atoms with Crippen molar-refractivity contribution in [3.8, 4) is 21.5 Å². The molecule has 0 bridgehead atoms. The number of nitrogens with zero attached hydrogens (tertiary/aromatic N) is 2. The van der Waals surface area contributed by atoms with Gasteiger partial charge in [0, 0.05) is 5.56 Å². The lowest BCUT2D eigenvalue weighted by Gasteiger charge is -2.06. The molecule has 0 spiro atoms. The van der Waals surface area contributed by atoms with Crippen LogP contribution in [-0.4, -0.2) is 23.4 Å². The van der Waals surface area contributed by atoms with Gasteiger partial charge >= 0.3 is 0 Å². The van der Waals surface area contributed by atoms with Gasteiger partial charge in [0.2, 0.25) is 0 Å². The first-order valence-electron chi connectivity index (χ1n) is 10.5. The smallest absolute Gasteiger partial charge is 0.294 e. The highest BCUT2D eigenvalue weighted by molar-refractivity contribution is 7.16. The Hall–Kier alpha value is -1.62. The largest absolute Gasteiger partial charge is 0.494 e. The molecule has 1 heterocycles. The van der Waals surface area contributed by atoms with Crippen LogP contribution in [0.3, 0.4) is 0 Å². The molecule has 5 heteroatoms. The Balaban J connectivity index is 1.69. The lowest BCUT2D eigenvalue weighted by atomic mass is 10.2. The van der Waals surface area contributed by atoms with Crippen molar-refractivity contribution in [2.75, 3.05) is 13.2 Å². The topological polar surface area (TPSA) is 44.2 Å². The summed E-state index contributed by atoms with van der Waals surface area (Å²) in [6, 6.07) is 8.11. The summed E-state index contributed by atoms with van der Waals surface area (Å²) in [7, 11) is 0. The van der Waals surface area contributed by atoms with Crippen molar-refractivity contribution in [3.63, 3.8) is 0 Å². The van der Waals surface area contributed by atoms with Crippen molar-refractivity contribution in [2.45, 2.75) is 78.1 Å². The molecule has 0 atom stereocenters. The first-order chi connectivity index (χ1) is 13.3. The normalized spacial score (nSPS) is 10.9. The van der Waals surface area contributed by atoms with E-state index >= 15 is 0 Å². The van der Waals surface area contributed by atoms with Gasteiger partial charge in [0.25, 0.3) is 5.19 Å². The third kappa shape index (κ3) is 8.74. The van der Waals surface area contributed by atoms with Crippen LogP contribution in [0.15, 0.2) is 24.3 Å². The summed E-state index contributed by atoms with van der Waals surface area (Å²) in [6.45, 7) is 5.98. The highest BCUT2D eigenvalue weighted by Gasteiger charge is 2.08. The van der Waals surface area contributed by atoms with Crippen molar-refractivity contribution < 1.29 is 9.47 Å². The molecule has 0 saturated heterocycles. The highest BCUT2D eigenvalue weighted by Crippen LogP contribution is 2.29. The van der Waals surface area contributed by atoms with Gasteiger partial charge < -0.3 is 9.47 Å². The maximum Gasteiger partial charge on any atom is 0.294 e. The molecule has 0 radical (unpaired) electrons. The first kappa shape index (κ1) is 21.7. The van der Waals surface area contributed by atoms with Gasteiger partial charge in [0.1, 0.15) is 5.75 Å². The average Bonchev–Trinajstić information content (AvgIpc) is 3.17. The third-order valence-corrected chi connectivity index (χ3v) is 5.38. The van der Waals surface area contributed by atoms with E-state index in [9.17, 15) is 0 Å². The molecule has 4 nitrogen and oxygen atoms in total. The van der Waals surface area contributed by atoms with Gasteiger partial charge in [-0.05, 0) is 37.1 Å². The number of aromatic nitrogens is 2. The summed E-state index contributed by atoms with van der Waals surface area (Å²) in [5, 5.41) is 9.95. The number of ether oxygens (including phenoxy) is 2. The Morgan fingerprint density at radius 2 is 1.30 bits per heavy atom. The molecule has 0 aliphatic carbocycles. The van der Waals surface area contributed by atoms with E-state index < -0.39 is 0 Å². The second-order valence-electron chi connectivity index (χ2n) is 6.92. The molecule has 0 fully saturated rings. The van der Waals surface area contributed by atoms with Crippen LogP contribution in [0.25, 0.3) is 10.6 Å². The Kier molecular flexibility index (Phi) is 10.9. The molecule has 0 aliphatic rings. The van der Waals surface area contributed by atoms with E-state index in [-0.39, 0.29) is 0 Å². The van der Waals surface area contributed by atoms with Crippen LogP contribution in [0.4, 0.5) is 0 Å². The predicted octanol–water partition coefficient (Wildman–Crippen LogP) is 6.90. The van der Waals surface area contributed by atoms with Crippen LogP contribution in [0.5, 0.6) is 10.9 Å². The molecule has 2 rings (SSSR count). The molecule has 0 unspecified atom stereocenters. The van der Waals surface area contributed by atoms with Gasteiger partial charge in [-0.15, -0.1) is 5.10 Å². The highest BCUT2D eigenvalue weighted by atomic mass is 32.1. The molecule has 0 aliphatic heterocycles. The zero-order valence-electron chi connectivity index (χ0n) is 16.9. The number of benzene rings is 1. The maximum absolute atomic E-state index is 5.82. The van der Waals surface area contributed by atoms with Gasteiger partial charge in [-0.1, -0.05) is 81.6 Å². The second-order valence-corrected chi connectivity index (χ2v) is 7.86. The number of unbranched alkanes of at least 4 members (excludes halogenated alkanes) is 8. The average molecular weight is 391 g/mol. The molecule has 0 amide bonds. The monoisotopic (exact) mass is 390 g/mol. The summed E-state index contributed by atoms with van der Waals surface area (Å²) in [5.74, 6) is 0.919. The van der Waals surface area contributed by atoms with Gasteiger partial charge in [-0.25, -0.2) is 0 Å². The molecule has 150 valence electrons. The fourth-order valence-corrected chi connectivity index (χ4v) is 3.56. The first-order valence-corrected chi connectivity index (χ1v) is 11.3. The second kappa shape index (κ2) is 13.5. The fraction of sp³-hybridized carbons (Fsp3) is 0.636. The minimum absolute atomic E-state index is 0.660. The summed E-state index contributed by atoms with van der Waals surface area (Å²) in [5.41, 5.74) is 1.06. The number of rotatable bonds is 15. The van der Waals surface area contributed by atoms with E-state index in [1.807, 2.05) is 24.3 Å². The molecule has 0 N–H and O–H groups in total. The Bertz CT molecular complexity index is 613. The molecular formula is C22H34N2O2S. The van der Waals surface area contributed by atoms with Crippen LogP contribution in [0.1, 0.15) is 78.1 Å². The van der Waals surface area contributed by atoms with Crippen LogP contribution in [0, 0.1) is 0 Å². The van der Waals surface area contributed by atoms with Crippen LogP contribution >= 0.6 is 11.3 Å². The van der Waals surface area contributed by atoms with Crippen molar-refractivity contribution in [3.05, 3.63) is 24.3 Å². The molecule has 1 aromatic heterocycles. The minimum Gasteiger partial charge on any atom is -0.494 e. The summed E-state index contributed by atoms with van der Waals surface area (Å²) in [4.78, 5) is 0. The van der Waals surface area contributed by atoms with Gasteiger partial charge in [-0.2, -0.15) is 0 Å². The number of hydrogen-bond donors (Lipinski definition) is 0. The van der Waals surface area contributed by atoms with Crippen molar-refractivity contribution >= 4 is 11.3 Å². The molecule has 27 heavy (non-hydrogen) atoms. The molecular weight excluding hydrogens is 356 g/mol. The van der Waals surface area contributed by atoms with Gasteiger partial charge in [0.15, 0.2) is 5.01 Å². The molecule has 1 aromatic carbocycles. The maximum atomic E-state index is 5.82. The van der Waals surface area contributed by atoms with Crippen LogP contribution in [0.2, 0.25) is 0 Å². The lowest BCUT2D eigenvalue weighted by Crippen LogP contribution is -1.97. The zero-order valence-corrected chi connectivity index (χ0v) is 17.7. The zero-order chi connectivity index (χ0) is 19.2.